The van der Waals surface area contributed by atoms with Crippen LogP contribution in [0.2, 0.25) is 0 Å². The summed E-state index contributed by atoms with van der Waals surface area (Å²) in [7, 11) is 1.96. The SMILES string of the molecule is CNCC1CCC(COc2cccc(C)c2C)O1. The summed E-state index contributed by atoms with van der Waals surface area (Å²) in [6.07, 6.45) is 2.81. The molecule has 0 bridgehead atoms. The van der Waals surface area contributed by atoms with Crippen LogP contribution in [0.25, 0.3) is 0 Å². The molecule has 1 saturated heterocycles. The predicted molar refractivity (Wildman–Crippen MR) is 73.2 cm³/mol. The Labute approximate surface area is 109 Å². The van der Waals surface area contributed by atoms with Crippen LogP contribution in [0, 0.1) is 13.8 Å². The molecule has 100 valence electrons. The summed E-state index contributed by atoms with van der Waals surface area (Å²) in [4.78, 5) is 0. The minimum Gasteiger partial charge on any atom is -0.491 e. The van der Waals surface area contributed by atoms with E-state index in [0.717, 1.165) is 25.1 Å². The topological polar surface area (TPSA) is 30.5 Å². The Bertz CT molecular complexity index is 392. The molecular weight excluding hydrogens is 226 g/mol. The minimum absolute atomic E-state index is 0.239. The molecule has 3 heteroatoms. The Hall–Kier alpha value is -1.06. The number of rotatable bonds is 5. The molecule has 0 spiro atoms. The van der Waals surface area contributed by atoms with E-state index in [2.05, 4.69) is 25.2 Å². The largest absolute Gasteiger partial charge is 0.491 e. The van der Waals surface area contributed by atoms with Gasteiger partial charge in [-0.3, -0.25) is 0 Å². The van der Waals surface area contributed by atoms with Gasteiger partial charge < -0.3 is 14.8 Å². The summed E-state index contributed by atoms with van der Waals surface area (Å²) in [6.45, 7) is 5.80. The van der Waals surface area contributed by atoms with Crippen LogP contribution in [0.4, 0.5) is 0 Å². The average molecular weight is 249 g/mol. The first-order chi connectivity index (χ1) is 8.70. The molecule has 1 aliphatic heterocycles. The Kier molecular flexibility index (Phi) is 4.61. The Morgan fingerprint density at radius 1 is 1.28 bits per heavy atom. The lowest BCUT2D eigenvalue weighted by Gasteiger charge is -2.16. The van der Waals surface area contributed by atoms with Gasteiger partial charge in [-0.25, -0.2) is 0 Å². The highest BCUT2D eigenvalue weighted by Crippen LogP contribution is 2.23. The molecule has 0 aliphatic carbocycles. The van der Waals surface area contributed by atoms with Crippen LogP contribution in [0.1, 0.15) is 24.0 Å². The van der Waals surface area contributed by atoms with Gasteiger partial charge in [-0.1, -0.05) is 12.1 Å². The van der Waals surface area contributed by atoms with Crippen molar-refractivity contribution >= 4 is 0 Å². The van der Waals surface area contributed by atoms with Crippen molar-refractivity contribution in [3.8, 4) is 5.75 Å². The highest BCUT2D eigenvalue weighted by molar-refractivity contribution is 5.38. The van der Waals surface area contributed by atoms with Crippen molar-refractivity contribution in [2.75, 3.05) is 20.2 Å². The monoisotopic (exact) mass is 249 g/mol. The first kappa shape index (κ1) is 13.4. The van der Waals surface area contributed by atoms with Crippen molar-refractivity contribution in [2.24, 2.45) is 0 Å². The van der Waals surface area contributed by atoms with E-state index >= 15 is 0 Å². The van der Waals surface area contributed by atoms with Crippen molar-refractivity contribution in [1.82, 2.24) is 5.32 Å². The molecule has 3 nitrogen and oxygen atoms in total. The van der Waals surface area contributed by atoms with Crippen molar-refractivity contribution in [3.63, 3.8) is 0 Å². The maximum atomic E-state index is 5.91. The zero-order valence-electron chi connectivity index (χ0n) is 11.5. The number of aryl methyl sites for hydroxylation is 1. The lowest BCUT2D eigenvalue weighted by Crippen LogP contribution is -2.26. The lowest BCUT2D eigenvalue weighted by molar-refractivity contribution is 0.0192. The summed E-state index contributed by atoms with van der Waals surface area (Å²) in [5, 5.41) is 3.15. The van der Waals surface area contributed by atoms with Gasteiger partial charge in [0.1, 0.15) is 12.4 Å². The van der Waals surface area contributed by atoms with Crippen LogP contribution in [-0.4, -0.2) is 32.4 Å². The van der Waals surface area contributed by atoms with Gasteiger partial charge in [-0.05, 0) is 50.9 Å². The van der Waals surface area contributed by atoms with Crippen LogP contribution in [0.5, 0.6) is 5.75 Å². The van der Waals surface area contributed by atoms with Crippen LogP contribution in [0.15, 0.2) is 18.2 Å². The highest BCUT2D eigenvalue weighted by atomic mass is 16.5. The van der Waals surface area contributed by atoms with E-state index in [-0.39, 0.29) is 6.10 Å². The maximum Gasteiger partial charge on any atom is 0.122 e. The highest BCUT2D eigenvalue weighted by Gasteiger charge is 2.25. The zero-order valence-corrected chi connectivity index (χ0v) is 11.5. The quantitative estimate of drug-likeness (QED) is 0.869. The summed E-state index contributed by atoms with van der Waals surface area (Å²) in [6, 6.07) is 6.18. The molecule has 2 unspecified atom stereocenters. The van der Waals surface area contributed by atoms with Gasteiger partial charge in [-0.2, -0.15) is 0 Å². The Morgan fingerprint density at radius 2 is 2.06 bits per heavy atom. The average Bonchev–Trinajstić information content (AvgIpc) is 2.79. The van der Waals surface area contributed by atoms with Crippen molar-refractivity contribution in [1.29, 1.82) is 0 Å². The smallest absolute Gasteiger partial charge is 0.122 e. The van der Waals surface area contributed by atoms with Gasteiger partial charge in [-0.15, -0.1) is 0 Å². The van der Waals surface area contributed by atoms with Gasteiger partial charge in [0, 0.05) is 6.54 Å². The Balaban J connectivity index is 1.83. The second kappa shape index (κ2) is 6.21. The third-order valence-electron chi connectivity index (χ3n) is 3.61. The second-order valence-electron chi connectivity index (χ2n) is 5.02. The molecular formula is C15H23NO2. The van der Waals surface area contributed by atoms with E-state index in [1.54, 1.807) is 0 Å². The first-order valence-corrected chi connectivity index (χ1v) is 6.69. The van der Waals surface area contributed by atoms with Crippen LogP contribution >= 0.6 is 0 Å². The van der Waals surface area contributed by atoms with E-state index in [4.69, 9.17) is 9.47 Å². The Morgan fingerprint density at radius 3 is 2.83 bits per heavy atom. The van der Waals surface area contributed by atoms with E-state index in [1.165, 1.54) is 11.1 Å². The molecule has 1 fully saturated rings. The molecule has 1 N–H and O–H groups in total. The molecule has 0 amide bonds. The molecule has 2 atom stereocenters. The summed E-state index contributed by atoms with van der Waals surface area (Å²) in [5.41, 5.74) is 2.50. The number of ether oxygens (including phenoxy) is 2. The number of benzene rings is 1. The lowest BCUT2D eigenvalue weighted by atomic mass is 10.1. The summed E-state index contributed by atoms with van der Waals surface area (Å²) in [5.74, 6) is 0.982. The number of likely N-dealkylation sites (N-methyl/N-ethyl adjacent to an activating group) is 1. The van der Waals surface area contributed by atoms with Crippen LogP contribution < -0.4 is 10.1 Å². The summed E-state index contributed by atoms with van der Waals surface area (Å²) < 4.78 is 11.8. The van der Waals surface area contributed by atoms with Crippen molar-refractivity contribution in [3.05, 3.63) is 29.3 Å². The van der Waals surface area contributed by atoms with Gasteiger partial charge in [0.15, 0.2) is 0 Å². The molecule has 0 saturated carbocycles. The molecule has 18 heavy (non-hydrogen) atoms. The van der Waals surface area contributed by atoms with Gasteiger partial charge in [0.25, 0.3) is 0 Å². The number of nitrogens with one attached hydrogen (secondary N) is 1. The molecule has 0 aromatic heterocycles. The normalized spacial score (nSPS) is 23.3. The predicted octanol–water partition coefficient (Wildman–Crippen LogP) is 2.45. The maximum absolute atomic E-state index is 5.91. The fourth-order valence-electron chi connectivity index (χ4n) is 2.34. The number of hydrogen-bond acceptors (Lipinski definition) is 3. The minimum atomic E-state index is 0.239. The van der Waals surface area contributed by atoms with Crippen LogP contribution in [-0.2, 0) is 4.74 Å². The zero-order chi connectivity index (χ0) is 13.0. The molecule has 1 aromatic rings. The molecule has 1 aromatic carbocycles. The first-order valence-electron chi connectivity index (χ1n) is 6.69. The molecule has 2 rings (SSSR count). The van der Waals surface area contributed by atoms with Crippen molar-refractivity contribution in [2.45, 2.75) is 38.9 Å². The van der Waals surface area contributed by atoms with Gasteiger partial charge >= 0.3 is 0 Å². The van der Waals surface area contributed by atoms with E-state index in [0.29, 0.717) is 12.7 Å². The molecule has 0 radical (unpaired) electrons. The van der Waals surface area contributed by atoms with Crippen molar-refractivity contribution < 1.29 is 9.47 Å². The van der Waals surface area contributed by atoms with Gasteiger partial charge in [0.05, 0.1) is 12.2 Å². The van der Waals surface area contributed by atoms with Crippen LogP contribution in [0.3, 0.4) is 0 Å². The molecule has 1 aliphatic rings. The third kappa shape index (κ3) is 3.24. The van der Waals surface area contributed by atoms with Gasteiger partial charge in [0.2, 0.25) is 0 Å². The van der Waals surface area contributed by atoms with E-state index in [1.807, 2.05) is 19.2 Å². The number of hydrogen-bond donors (Lipinski definition) is 1. The molecule has 1 heterocycles. The van der Waals surface area contributed by atoms with E-state index < -0.39 is 0 Å². The van der Waals surface area contributed by atoms with E-state index in [9.17, 15) is 0 Å². The summed E-state index contributed by atoms with van der Waals surface area (Å²) >= 11 is 0. The second-order valence-corrected chi connectivity index (χ2v) is 5.02. The fourth-order valence-corrected chi connectivity index (χ4v) is 2.34. The standard InChI is InChI=1S/C15H23NO2/c1-11-5-4-6-15(12(11)2)17-10-14-8-7-13(18-14)9-16-3/h4-6,13-14,16H,7-10H2,1-3H3. The fraction of sp³-hybridized carbons (Fsp3) is 0.600. The third-order valence-corrected chi connectivity index (χ3v) is 3.61.